The van der Waals surface area contributed by atoms with Crippen LogP contribution >= 0.6 is 0 Å². The molecule has 1 aromatic heterocycles. The summed E-state index contributed by atoms with van der Waals surface area (Å²) in [5.74, 6) is 0.427. The fourth-order valence-corrected chi connectivity index (χ4v) is 1.91. The quantitative estimate of drug-likeness (QED) is 0.763. The summed E-state index contributed by atoms with van der Waals surface area (Å²) in [7, 11) is 0. The first-order chi connectivity index (χ1) is 8.03. The average molecular weight is 237 g/mol. The molecule has 1 fully saturated rings. The number of hydrogen-bond donors (Lipinski definition) is 2. The fourth-order valence-electron chi connectivity index (χ4n) is 1.91. The zero-order valence-corrected chi connectivity index (χ0v) is 10.3. The number of amides is 1. The molecule has 1 aliphatic carbocycles. The molecule has 1 aromatic rings. The van der Waals surface area contributed by atoms with Crippen molar-refractivity contribution in [3.8, 4) is 0 Å². The van der Waals surface area contributed by atoms with E-state index >= 15 is 0 Å². The molecule has 1 heterocycles. The van der Waals surface area contributed by atoms with E-state index in [-0.39, 0.29) is 11.4 Å². The Kier molecular flexibility index (Phi) is 3.15. The van der Waals surface area contributed by atoms with E-state index in [0.29, 0.717) is 24.7 Å². The van der Waals surface area contributed by atoms with Crippen LogP contribution in [0.3, 0.4) is 0 Å². The van der Waals surface area contributed by atoms with Crippen molar-refractivity contribution in [2.75, 3.05) is 6.54 Å². The number of nitrogens with two attached hydrogens (primary N) is 1. The maximum absolute atomic E-state index is 12.0. The first-order valence-corrected chi connectivity index (χ1v) is 5.95. The van der Waals surface area contributed by atoms with Crippen LogP contribution in [0.15, 0.2) is 6.20 Å². The largest absolute Gasteiger partial charge is 0.345 e. The Hall–Kier alpha value is -1.43. The van der Waals surface area contributed by atoms with Crippen molar-refractivity contribution in [1.82, 2.24) is 20.3 Å². The Morgan fingerprint density at radius 3 is 2.94 bits per heavy atom. The molecule has 0 aromatic carbocycles. The van der Waals surface area contributed by atoms with Crippen molar-refractivity contribution in [3.05, 3.63) is 11.9 Å². The highest BCUT2D eigenvalue weighted by Crippen LogP contribution is 2.39. The van der Waals surface area contributed by atoms with Gasteiger partial charge in [-0.2, -0.15) is 0 Å². The second kappa shape index (κ2) is 4.44. The first-order valence-electron chi connectivity index (χ1n) is 5.95. The van der Waals surface area contributed by atoms with Crippen molar-refractivity contribution in [2.24, 2.45) is 11.7 Å². The minimum Gasteiger partial charge on any atom is -0.345 e. The molecule has 0 bridgehead atoms. The molecule has 6 heteroatoms. The van der Waals surface area contributed by atoms with Gasteiger partial charge in [0.2, 0.25) is 0 Å². The minimum absolute atomic E-state index is 0.158. The van der Waals surface area contributed by atoms with Crippen molar-refractivity contribution < 1.29 is 4.79 Å². The van der Waals surface area contributed by atoms with Crippen molar-refractivity contribution in [1.29, 1.82) is 0 Å². The van der Waals surface area contributed by atoms with Gasteiger partial charge in [0.25, 0.3) is 5.91 Å². The van der Waals surface area contributed by atoms with E-state index in [0.717, 1.165) is 0 Å². The zero-order valence-electron chi connectivity index (χ0n) is 10.3. The normalized spacial score (nSPS) is 15.9. The van der Waals surface area contributed by atoms with Crippen LogP contribution in [0, 0.1) is 5.92 Å². The summed E-state index contributed by atoms with van der Waals surface area (Å²) in [6.45, 7) is 5.16. The lowest BCUT2D eigenvalue weighted by molar-refractivity contribution is 0.0898. The highest BCUT2D eigenvalue weighted by Gasteiger charge is 2.39. The second-order valence-corrected chi connectivity index (χ2v) is 5.11. The van der Waals surface area contributed by atoms with Gasteiger partial charge in [0.15, 0.2) is 5.69 Å². The summed E-state index contributed by atoms with van der Waals surface area (Å²) in [6.07, 6.45) is 4.01. The topological polar surface area (TPSA) is 85.8 Å². The Labute approximate surface area is 101 Å². The van der Waals surface area contributed by atoms with E-state index in [2.05, 4.69) is 15.6 Å². The number of nitrogens with one attached hydrogen (secondary N) is 1. The van der Waals surface area contributed by atoms with Crippen LogP contribution in [0.25, 0.3) is 0 Å². The van der Waals surface area contributed by atoms with E-state index in [4.69, 9.17) is 5.73 Å². The molecule has 0 radical (unpaired) electrons. The minimum atomic E-state index is -0.162. The summed E-state index contributed by atoms with van der Waals surface area (Å²) < 4.78 is 1.58. The lowest BCUT2D eigenvalue weighted by Crippen LogP contribution is -2.45. The summed E-state index contributed by atoms with van der Waals surface area (Å²) in [6, 6.07) is 0. The van der Waals surface area contributed by atoms with Gasteiger partial charge >= 0.3 is 0 Å². The Balaban J connectivity index is 1.98. The van der Waals surface area contributed by atoms with Gasteiger partial charge in [-0.3, -0.25) is 9.48 Å². The molecule has 94 valence electrons. The average Bonchev–Trinajstić information content (AvgIpc) is 3.01. The van der Waals surface area contributed by atoms with Crippen molar-refractivity contribution >= 4 is 5.91 Å². The summed E-state index contributed by atoms with van der Waals surface area (Å²) in [5, 5.41) is 10.7. The standard InChI is InChI=1S/C11H19N5O/c1-11(2,8-3-4-8)13-10(17)9-7-16(6-5-12)15-14-9/h7-8H,3-6,12H2,1-2H3,(H,13,17). The highest BCUT2D eigenvalue weighted by atomic mass is 16.2. The molecule has 3 N–H and O–H groups in total. The molecule has 1 amide bonds. The highest BCUT2D eigenvalue weighted by molar-refractivity contribution is 5.92. The number of hydrogen-bond acceptors (Lipinski definition) is 4. The first kappa shape index (κ1) is 12.0. The summed E-state index contributed by atoms with van der Waals surface area (Å²) in [4.78, 5) is 12.0. The molecule has 6 nitrogen and oxygen atoms in total. The number of rotatable bonds is 5. The monoisotopic (exact) mass is 237 g/mol. The number of carbonyl (C=O) groups excluding carboxylic acids is 1. The van der Waals surface area contributed by atoms with Crippen molar-refractivity contribution in [2.45, 2.75) is 38.8 Å². The van der Waals surface area contributed by atoms with Gasteiger partial charge in [0, 0.05) is 12.1 Å². The number of carbonyl (C=O) groups is 1. The Morgan fingerprint density at radius 2 is 2.35 bits per heavy atom. The van der Waals surface area contributed by atoms with Crippen LogP contribution in [0.1, 0.15) is 37.2 Å². The van der Waals surface area contributed by atoms with E-state index in [9.17, 15) is 4.79 Å². The second-order valence-electron chi connectivity index (χ2n) is 5.11. The molecule has 0 spiro atoms. The van der Waals surface area contributed by atoms with E-state index < -0.39 is 0 Å². The third-order valence-corrected chi connectivity index (χ3v) is 3.16. The summed E-state index contributed by atoms with van der Waals surface area (Å²) in [5.41, 5.74) is 5.60. The van der Waals surface area contributed by atoms with Gasteiger partial charge in [-0.15, -0.1) is 5.10 Å². The van der Waals surface area contributed by atoms with Crippen LogP contribution in [0.4, 0.5) is 0 Å². The molecule has 2 rings (SSSR count). The third kappa shape index (κ3) is 2.82. The van der Waals surface area contributed by atoms with Crippen LogP contribution in [-0.2, 0) is 6.54 Å². The lowest BCUT2D eigenvalue weighted by atomic mass is 9.99. The molecule has 1 saturated carbocycles. The number of nitrogens with zero attached hydrogens (tertiary/aromatic N) is 3. The predicted octanol–water partition coefficient (Wildman–Crippen LogP) is 0.155. The number of aromatic nitrogens is 3. The zero-order chi connectivity index (χ0) is 12.5. The fraction of sp³-hybridized carbons (Fsp3) is 0.727. The van der Waals surface area contributed by atoms with Crippen LogP contribution < -0.4 is 11.1 Å². The van der Waals surface area contributed by atoms with Gasteiger partial charge in [-0.05, 0) is 32.6 Å². The van der Waals surface area contributed by atoms with Gasteiger partial charge in [-0.1, -0.05) is 5.21 Å². The molecule has 0 saturated heterocycles. The maximum atomic E-state index is 12.0. The van der Waals surface area contributed by atoms with E-state index in [1.54, 1.807) is 10.9 Å². The third-order valence-electron chi connectivity index (χ3n) is 3.16. The van der Waals surface area contributed by atoms with Crippen LogP contribution in [0.2, 0.25) is 0 Å². The molecular weight excluding hydrogens is 218 g/mol. The van der Waals surface area contributed by atoms with Crippen molar-refractivity contribution in [3.63, 3.8) is 0 Å². The summed E-state index contributed by atoms with van der Waals surface area (Å²) >= 11 is 0. The maximum Gasteiger partial charge on any atom is 0.273 e. The molecule has 0 aliphatic heterocycles. The van der Waals surface area contributed by atoms with Gasteiger partial charge in [0.1, 0.15) is 0 Å². The molecule has 17 heavy (non-hydrogen) atoms. The van der Waals surface area contributed by atoms with Gasteiger partial charge in [0.05, 0.1) is 12.7 Å². The Bertz CT molecular complexity index is 408. The lowest BCUT2D eigenvalue weighted by Gasteiger charge is -2.25. The van der Waals surface area contributed by atoms with E-state index in [1.807, 2.05) is 13.8 Å². The molecule has 1 aliphatic rings. The SMILES string of the molecule is CC(C)(NC(=O)c1cn(CCN)nn1)C1CC1. The predicted molar refractivity (Wildman–Crippen MR) is 63.3 cm³/mol. The Morgan fingerprint density at radius 1 is 1.65 bits per heavy atom. The van der Waals surface area contributed by atoms with Crippen LogP contribution in [-0.4, -0.2) is 33.0 Å². The van der Waals surface area contributed by atoms with Gasteiger partial charge in [-0.25, -0.2) is 0 Å². The van der Waals surface area contributed by atoms with E-state index in [1.165, 1.54) is 12.8 Å². The molecule has 0 atom stereocenters. The molecule has 0 unspecified atom stereocenters. The van der Waals surface area contributed by atoms with Crippen LogP contribution in [0.5, 0.6) is 0 Å². The molecular formula is C11H19N5O. The smallest absolute Gasteiger partial charge is 0.273 e. The van der Waals surface area contributed by atoms with Gasteiger partial charge < -0.3 is 11.1 Å².